The van der Waals surface area contributed by atoms with Gasteiger partial charge in [0.15, 0.2) is 5.84 Å². The Morgan fingerprint density at radius 2 is 2.16 bits per heavy atom. The number of nitrogens with two attached hydrogens (primary N) is 1. The smallest absolute Gasteiger partial charge is 0.170 e. The van der Waals surface area contributed by atoms with Crippen molar-refractivity contribution in [3.8, 4) is 0 Å². The van der Waals surface area contributed by atoms with Gasteiger partial charge in [0, 0.05) is 24.8 Å². The van der Waals surface area contributed by atoms with Crippen molar-refractivity contribution < 1.29 is 5.21 Å². The molecule has 0 aliphatic rings. The Balaban J connectivity index is 2.75. The Kier molecular flexibility index (Phi) is 6.08. The second kappa shape index (κ2) is 7.58. The van der Waals surface area contributed by atoms with E-state index in [9.17, 15) is 0 Å². The van der Waals surface area contributed by atoms with Gasteiger partial charge < -0.3 is 20.7 Å². The molecule has 0 spiro atoms. The van der Waals surface area contributed by atoms with Gasteiger partial charge in [0.05, 0.1) is 0 Å². The van der Waals surface area contributed by atoms with Crippen LogP contribution in [0.5, 0.6) is 0 Å². The lowest BCUT2D eigenvalue weighted by Gasteiger charge is -2.23. The van der Waals surface area contributed by atoms with E-state index in [-0.39, 0.29) is 5.84 Å². The van der Waals surface area contributed by atoms with Crippen molar-refractivity contribution in [2.24, 2.45) is 10.9 Å². The Morgan fingerprint density at radius 1 is 1.42 bits per heavy atom. The van der Waals surface area contributed by atoms with E-state index < -0.39 is 0 Å². The second-order valence-corrected chi connectivity index (χ2v) is 4.62. The number of oxime groups is 1. The average Bonchev–Trinajstić information content (AvgIpc) is 2.42. The summed E-state index contributed by atoms with van der Waals surface area (Å²) in [5, 5.41) is 11.7. The third-order valence-electron chi connectivity index (χ3n) is 2.89. The van der Waals surface area contributed by atoms with Crippen LogP contribution >= 0.6 is 0 Å². The van der Waals surface area contributed by atoms with Crippen LogP contribution < -0.4 is 10.6 Å². The van der Waals surface area contributed by atoms with Crippen molar-refractivity contribution in [1.29, 1.82) is 0 Å². The summed E-state index contributed by atoms with van der Waals surface area (Å²) in [6, 6.07) is 3.57. The van der Waals surface area contributed by atoms with Crippen molar-refractivity contribution in [2.45, 2.75) is 13.3 Å². The number of pyridine rings is 1. The van der Waals surface area contributed by atoms with Gasteiger partial charge in [-0.2, -0.15) is 0 Å². The molecular weight excluding hydrogens is 242 g/mol. The van der Waals surface area contributed by atoms with Gasteiger partial charge in [-0.25, -0.2) is 4.98 Å². The van der Waals surface area contributed by atoms with Crippen molar-refractivity contribution in [3.63, 3.8) is 0 Å². The Hall–Kier alpha value is -1.82. The molecule has 1 heterocycles. The molecule has 1 aromatic rings. The van der Waals surface area contributed by atoms with E-state index in [1.54, 1.807) is 12.3 Å². The standard InChI is InChI=1S/C13H23N5O/c1-4-18(9-5-8-17(2)3)12-10-11(6-7-15-12)13(14)16-19/h6-7,10,19H,4-5,8-9H2,1-3H3,(H2,14,16). The molecule has 0 bridgehead atoms. The number of aromatic nitrogens is 1. The first kappa shape index (κ1) is 15.2. The largest absolute Gasteiger partial charge is 0.409 e. The molecule has 0 unspecified atom stereocenters. The minimum Gasteiger partial charge on any atom is -0.409 e. The first-order valence-electron chi connectivity index (χ1n) is 6.42. The summed E-state index contributed by atoms with van der Waals surface area (Å²) in [5.74, 6) is 0.957. The third kappa shape index (κ3) is 4.75. The van der Waals surface area contributed by atoms with Crippen LogP contribution in [0.1, 0.15) is 18.9 Å². The van der Waals surface area contributed by atoms with E-state index in [4.69, 9.17) is 10.9 Å². The van der Waals surface area contributed by atoms with Crippen LogP contribution in [0.4, 0.5) is 5.82 Å². The molecule has 3 N–H and O–H groups in total. The maximum Gasteiger partial charge on any atom is 0.170 e. The van der Waals surface area contributed by atoms with Crippen molar-refractivity contribution in [3.05, 3.63) is 23.9 Å². The topological polar surface area (TPSA) is 78.0 Å². The third-order valence-corrected chi connectivity index (χ3v) is 2.89. The van der Waals surface area contributed by atoms with Gasteiger partial charge in [-0.1, -0.05) is 5.16 Å². The summed E-state index contributed by atoms with van der Waals surface area (Å²) in [6.45, 7) is 4.94. The maximum atomic E-state index is 8.70. The summed E-state index contributed by atoms with van der Waals surface area (Å²) in [6.07, 6.45) is 2.74. The molecule has 0 aliphatic carbocycles. The molecule has 0 atom stereocenters. The molecule has 0 amide bonds. The molecule has 1 rings (SSSR count). The minimum absolute atomic E-state index is 0.105. The predicted molar refractivity (Wildman–Crippen MR) is 77.8 cm³/mol. The average molecular weight is 265 g/mol. The lowest BCUT2D eigenvalue weighted by Crippen LogP contribution is -2.28. The van der Waals surface area contributed by atoms with Crippen LogP contribution in [0.3, 0.4) is 0 Å². The van der Waals surface area contributed by atoms with Crippen LogP contribution in [0.15, 0.2) is 23.5 Å². The lowest BCUT2D eigenvalue weighted by molar-refractivity contribution is 0.318. The molecule has 19 heavy (non-hydrogen) atoms. The van der Waals surface area contributed by atoms with Crippen LogP contribution in [-0.4, -0.2) is 54.7 Å². The molecule has 106 valence electrons. The van der Waals surface area contributed by atoms with E-state index >= 15 is 0 Å². The number of hydrogen-bond donors (Lipinski definition) is 2. The first-order chi connectivity index (χ1) is 9.08. The lowest BCUT2D eigenvalue weighted by atomic mass is 10.2. The van der Waals surface area contributed by atoms with Crippen LogP contribution in [0.25, 0.3) is 0 Å². The molecule has 0 saturated heterocycles. The van der Waals surface area contributed by atoms with E-state index in [0.29, 0.717) is 5.56 Å². The van der Waals surface area contributed by atoms with Gasteiger partial charge in [0.1, 0.15) is 5.82 Å². The number of nitrogens with zero attached hydrogens (tertiary/aromatic N) is 4. The fourth-order valence-electron chi connectivity index (χ4n) is 1.82. The molecule has 0 radical (unpaired) electrons. The van der Waals surface area contributed by atoms with Crippen LogP contribution in [0.2, 0.25) is 0 Å². The second-order valence-electron chi connectivity index (χ2n) is 4.62. The molecule has 1 aromatic heterocycles. The summed E-state index contributed by atoms with van der Waals surface area (Å²) in [4.78, 5) is 8.68. The maximum absolute atomic E-state index is 8.70. The number of anilines is 1. The Morgan fingerprint density at radius 3 is 2.74 bits per heavy atom. The van der Waals surface area contributed by atoms with Gasteiger partial charge in [-0.3, -0.25) is 0 Å². The highest BCUT2D eigenvalue weighted by molar-refractivity contribution is 5.97. The number of hydrogen-bond acceptors (Lipinski definition) is 5. The monoisotopic (exact) mass is 265 g/mol. The molecule has 6 nitrogen and oxygen atoms in total. The zero-order valence-electron chi connectivity index (χ0n) is 11.9. The van der Waals surface area contributed by atoms with E-state index in [2.05, 4.69) is 41.0 Å². The zero-order valence-corrected chi connectivity index (χ0v) is 11.9. The van der Waals surface area contributed by atoms with Crippen molar-refractivity contribution >= 4 is 11.7 Å². The predicted octanol–water partition coefficient (Wildman–Crippen LogP) is 0.954. The summed E-state index contributed by atoms with van der Waals surface area (Å²) < 4.78 is 0. The molecule has 0 fully saturated rings. The Labute approximate surface area is 114 Å². The highest BCUT2D eigenvalue weighted by atomic mass is 16.4. The normalized spacial score (nSPS) is 11.9. The highest BCUT2D eigenvalue weighted by Gasteiger charge is 2.08. The SMILES string of the molecule is CCN(CCCN(C)C)c1cc(/C(N)=N/O)ccn1. The highest BCUT2D eigenvalue weighted by Crippen LogP contribution is 2.13. The molecule has 0 aromatic carbocycles. The van der Waals surface area contributed by atoms with Gasteiger partial charge in [-0.05, 0) is 46.1 Å². The van der Waals surface area contributed by atoms with Crippen LogP contribution in [-0.2, 0) is 0 Å². The Bertz CT molecular complexity index is 419. The molecule has 6 heteroatoms. The molecule has 0 aliphatic heterocycles. The fourth-order valence-corrected chi connectivity index (χ4v) is 1.82. The van der Waals surface area contributed by atoms with E-state index in [1.165, 1.54) is 0 Å². The number of rotatable bonds is 7. The zero-order chi connectivity index (χ0) is 14.3. The summed E-state index contributed by atoms with van der Waals surface area (Å²) >= 11 is 0. The quantitative estimate of drug-likeness (QED) is 0.332. The van der Waals surface area contributed by atoms with E-state index in [0.717, 1.165) is 31.9 Å². The van der Waals surface area contributed by atoms with Gasteiger partial charge in [0.2, 0.25) is 0 Å². The van der Waals surface area contributed by atoms with E-state index in [1.807, 2.05) is 6.07 Å². The summed E-state index contributed by atoms with van der Waals surface area (Å²) in [5.41, 5.74) is 6.27. The van der Waals surface area contributed by atoms with Crippen molar-refractivity contribution in [2.75, 3.05) is 38.6 Å². The fraction of sp³-hybridized carbons (Fsp3) is 0.538. The first-order valence-corrected chi connectivity index (χ1v) is 6.42. The van der Waals surface area contributed by atoms with Crippen molar-refractivity contribution in [1.82, 2.24) is 9.88 Å². The number of amidine groups is 1. The molecule has 0 saturated carbocycles. The van der Waals surface area contributed by atoms with Gasteiger partial charge in [0.25, 0.3) is 0 Å². The minimum atomic E-state index is 0.105. The van der Waals surface area contributed by atoms with Gasteiger partial charge in [-0.15, -0.1) is 0 Å². The summed E-state index contributed by atoms with van der Waals surface area (Å²) in [7, 11) is 4.13. The van der Waals surface area contributed by atoms with Crippen LogP contribution in [0, 0.1) is 0 Å². The van der Waals surface area contributed by atoms with Gasteiger partial charge >= 0.3 is 0 Å². The molecular formula is C13H23N5O.